The Labute approximate surface area is 154 Å². The Morgan fingerprint density at radius 3 is 2.31 bits per heavy atom. The molecule has 5 nitrogen and oxygen atoms in total. The normalized spacial score (nSPS) is 10.9. The number of aromatic amines is 1. The molecule has 2 aromatic carbocycles. The summed E-state index contributed by atoms with van der Waals surface area (Å²) in [4.78, 5) is 3.56. The van der Waals surface area contributed by atoms with Crippen LogP contribution in [0.15, 0.2) is 36.4 Å². The van der Waals surface area contributed by atoms with Gasteiger partial charge in [-0.2, -0.15) is 0 Å². The number of hydrogen-bond donors (Lipinski definition) is 2. The second kappa shape index (κ2) is 8.15. The molecule has 3 aromatic rings. The molecule has 0 bridgehead atoms. The predicted octanol–water partition coefficient (Wildman–Crippen LogP) is 4.14. The highest BCUT2D eigenvalue weighted by Gasteiger charge is 2.17. The monoisotopic (exact) mass is 354 g/mol. The van der Waals surface area contributed by atoms with Crippen molar-refractivity contribution >= 4 is 10.9 Å². The highest BCUT2D eigenvalue weighted by atomic mass is 16.5. The number of benzene rings is 2. The van der Waals surface area contributed by atoms with E-state index in [0.717, 1.165) is 53.3 Å². The summed E-state index contributed by atoms with van der Waals surface area (Å²) >= 11 is 0. The highest BCUT2D eigenvalue weighted by molar-refractivity contribution is 5.93. The van der Waals surface area contributed by atoms with Crippen molar-refractivity contribution in [2.45, 2.75) is 19.3 Å². The minimum absolute atomic E-state index is 0.701. The van der Waals surface area contributed by atoms with Gasteiger partial charge in [-0.25, -0.2) is 0 Å². The van der Waals surface area contributed by atoms with Gasteiger partial charge in [0.1, 0.15) is 17.2 Å². The van der Waals surface area contributed by atoms with Crippen molar-refractivity contribution in [3.63, 3.8) is 0 Å². The molecule has 0 saturated carbocycles. The molecule has 0 radical (unpaired) electrons. The summed E-state index contributed by atoms with van der Waals surface area (Å²) in [5.74, 6) is 2.40. The van der Waals surface area contributed by atoms with Crippen LogP contribution in [0.2, 0.25) is 0 Å². The molecule has 26 heavy (non-hydrogen) atoms. The molecule has 0 saturated heterocycles. The number of nitrogens with one attached hydrogen (secondary N) is 1. The molecule has 0 atom stereocenters. The lowest BCUT2D eigenvalue weighted by Gasteiger charge is -2.11. The van der Waals surface area contributed by atoms with Gasteiger partial charge in [0.05, 0.1) is 27.0 Å². The summed E-state index contributed by atoms with van der Waals surface area (Å²) in [7, 11) is 5.02. The zero-order valence-electron chi connectivity index (χ0n) is 15.6. The number of methoxy groups -OCH3 is 3. The number of H-pyrrole nitrogens is 1. The van der Waals surface area contributed by atoms with Gasteiger partial charge in [-0.3, -0.25) is 0 Å². The van der Waals surface area contributed by atoms with Crippen molar-refractivity contribution in [2.24, 2.45) is 5.73 Å². The SMILES string of the molecule is COc1ccc(-c2[nH]c3ccc(OC)cc3c2CCCCN)c(OC)c1. The van der Waals surface area contributed by atoms with Gasteiger partial charge in [0, 0.05) is 22.5 Å². The standard InChI is InChI=1S/C21H26N2O3/c1-24-14-8-10-19-18(12-14)16(6-4-5-11-22)21(23-19)17-9-7-15(25-2)13-20(17)26-3/h7-10,12-13,23H,4-6,11,22H2,1-3H3. The van der Waals surface area contributed by atoms with E-state index < -0.39 is 0 Å². The summed E-state index contributed by atoms with van der Waals surface area (Å²) in [5, 5.41) is 1.18. The predicted molar refractivity (Wildman–Crippen MR) is 105 cm³/mol. The summed E-state index contributed by atoms with van der Waals surface area (Å²) < 4.78 is 16.4. The number of unbranched alkanes of at least 4 members (excludes halogenated alkanes) is 1. The van der Waals surface area contributed by atoms with E-state index in [1.165, 1.54) is 10.9 Å². The van der Waals surface area contributed by atoms with Crippen molar-refractivity contribution in [2.75, 3.05) is 27.9 Å². The minimum atomic E-state index is 0.701. The molecule has 5 heteroatoms. The molecule has 0 aliphatic rings. The van der Waals surface area contributed by atoms with Crippen molar-refractivity contribution < 1.29 is 14.2 Å². The number of rotatable bonds is 8. The van der Waals surface area contributed by atoms with Crippen molar-refractivity contribution in [3.8, 4) is 28.5 Å². The van der Waals surface area contributed by atoms with Crippen molar-refractivity contribution in [1.82, 2.24) is 4.98 Å². The summed E-state index contributed by atoms with van der Waals surface area (Å²) in [5.41, 5.74) is 10.1. The maximum atomic E-state index is 5.69. The van der Waals surface area contributed by atoms with Gasteiger partial charge in [-0.15, -0.1) is 0 Å². The molecule has 1 aromatic heterocycles. The van der Waals surface area contributed by atoms with Gasteiger partial charge in [0.2, 0.25) is 0 Å². The molecule has 138 valence electrons. The van der Waals surface area contributed by atoms with Crippen LogP contribution in [-0.2, 0) is 6.42 Å². The summed E-state index contributed by atoms with van der Waals surface area (Å²) in [6.07, 6.45) is 2.97. The Morgan fingerprint density at radius 2 is 1.62 bits per heavy atom. The molecule has 0 aliphatic carbocycles. The lowest BCUT2D eigenvalue weighted by molar-refractivity contribution is 0.395. The first-order valence-electron chi connectivity index (χ1n) is 8.82. The fourth-order valence-electron chi connectivity index (χ4n) is 3.29. The van der Waals surface area contributed by atoms with Crippen LogP contribution in [-0.4, -0.2) is 32.9 Å². The first-order valence-corrected chi connectivity index (χ1v) is 8.82. The quantitative estimate of drug-likeness (QED) is 0.597. The van der Waals surface area contributed by atoms with Gasteiger partial charge in [0.25, 0.3) is 0 Å². The molecule has 0 fully saturated rings. The zero-order chi connectivity index (χ0) is 18.5. The fourth-order valence-corrected chi connectivity index (χ4v) is 3.29. The van der Waals surface area contributed by atoms with E-state index in [4.69, 9.17) is 19.9 Å². The lowest BCUT2D eigenvalue weighted by Crippen LogP contribution is -1.99. The second-order valence-electron chi connectivity index (χ2n) is 6.20. The molecular formula is C21H26N2O3. The third kappa shape index (κ3) is 3.48. The van der Waals surface area contributed by atoms with Gasteiger partial charge >= 0.3 is 0 Å². The van der Waals surface area contributed by atoms with Crippen LogP contribution in [0.25, 0.3) is 22.2 Å². The van der Waals surface area contributed by atoms with Gasteiger partial charge in [-0.05, 0) is 61.7 Å². The summed E-state index contributed by atoms with van der Waals surface area (Å²) in [6, 6.07) is 12.0. The second-order valence-corrected chi connectivity index (χ2v) is 6.20. The molecule has 0 aliphatic heterocycles. The largest absolute Gasteiger partial charge is 0.497 e. The van der Waals surface area contributed by atoms with Gasteiger partial charge < -0.3 is 24.9 Å². The van der Waals surface area contributed by atoms with Crippen LogP contribution in [0.4, 0.5) is 0 Å². The molecule has 3 N–H and O–H groups in total. The van der Waals surface area contributed by atoms with Gasteiger partial charge in [-0.1, -0.05) is 0 Å². The van der Waals surface area contributed by atoms with Crippen molar-refractivity contribution in [1.29, 1.82) is 0 Å². The molecule has 0 amide bonds. The number of fused-ring (bicyclic) bond motifs is 1. The van der Waals surface area contributed by atoms with Crippen molar-refractivity contribution in [3.05, 3.63) is 42.0 Å². The molecule has 0 unspecified atom stereocenters. The van der Waals surface area contributed by atoms with E-state index in [1.54, 1.807) is 21.3 Å². The minimum Gasteiger partial charge on any atom is -0.497 e. The third-order valence-electron chi connectivity index (χ3n) is 4.67. The Balaban J connectivity index is 2.16. The molecule has 1 heterocycles. The Bertz CT molecular complexity index is 886. The average Bonchev–Trinajstić information content (AvgIpc) is 3.05. The Kier molecular flexibility index (Phi) is 5.68. The first kappa shape index (κ1) is 18.1. The number of aryl methyl sites for hydroxylation is 1. The topological polar surface area (TPSA) is 69.5 Å². The Hall–Kier alpha value is -2.66. The first-order chi connectivity index (χ1) is 12.7. The summed E-state index contributed by atoms with van der Waals surface area (Å²) in [6.45, 7) is 0.701. The van der Waals surface area contributed by atoms with Crippen LogP contribution >= 0.6 is 0 Å². The lowest BCUT2D eigenvalue weighted by atomic mass is 9.99. The maximum absolute atomic E-state index is 5.69. The number of hydrogen-bond acceptors (Lipinski definition) is 4. The van der Waals surface area contributed by atoms with E-state index >= 15 is 0 Å². The fraction of sp³-hybridized carbons (Fsp3) is 0.333. The van der Waals surface area contributed by atoms with E-state index in [2.05, 4.69) is 17.1 Å². The van der Waals surface area contributed by atoms with Crippen LogP contribution in [0, 0.1) is 0 Å². The molecule has 3 rings (SSSR count). The van der Waals surface area contributed by atoms with Crippen LogP contribution in [0.1, 0.15) is 18.4 Å². The molecular weight excluding hydrogens is 328 g/mol. The number of nitrogens with two attached hydrogens (primary N) is 1. The molecule has 0 spiro atoms. The van der Waals surface area contributed by atoms with E-state index in [-0.39, 0.29) is 0 Å². The van der Waals surface area contributed by atoms with E-state index in [0.29, 0.717) is 6.54 Å². The van der Waals surface area contributed by atoms with E-state index in [1.807, 2.05) is 24.3 Å². The van der Waals surface area contributed by atoms with Gasteiger partial charge in [0.15, 0.2) is 0 Å². The maximum Gasteiger partial charge on any atom is 0.131 e. The number of ether oxygens (including phenoxy) is 3. The highest BCUT2D eigenvalue weighted by Crippen LogP contribution is 2.39. The smallest absolute Gasteiger partial charge is 0.131 e. The Morgan fingerprint density at radius 1 is 0.885 bits per heavy atom. The number of aromatic nitrogens is 1. The third-order valence-corrected chi connectivity index (χ3v) is 4.67. The zero-order valence-corrected chi connectivity index (χ0v) is 15.6. The van der Waals surface area contributed by atoms with Crippen LogP contribution < -0.4 is 19.9 Å². The van der Waals surface area contributed by atoms with Crippen LogP contribution in [0.3, 0.4) is 0 Å². The average molecular weight is 354 g/mol. The van der Waals surface area contributed by atoms with Crippen LogP contribution in [0.5, 0.6) is 17.2 Å². The van der Waals surface area contributed by atoms with E-state index in [9.17, 15) is 0 Å².